The molecule has 16 heavy (non-hydrogen) atoms. The maximum Gasteiger partial charge on any atom is 0.346 e. The van der Waals surface area contributed by atoms with E-state index in [9.17, 15) is 14.7 Å². The quantitative estimate of drug-likeness (QED) is 0.431. The van der Waals surface area contributed by atoms with Crippen LogP contribution in [0.15, 0.2) is 18.2 Å². The van der Waals surface area contributed by atoms with Gasteiger partial charge in [0.1, 0.15) is 10.8 Å². The second kappa shape index (κ2) is 4.48. The van der Waals surface area contributed by atoms with Crippen molar-refractivity contribution in [2.75, 3.05) is 0 Å². The number of nitro benzene ring substituents is 1. The van der Waals surface area contributed by atoms with Gasteiger partial charge in [-0.1, -0.05) is 17.7 Å². The molecule has 0 aliphatic rings. The lowest BCUT2D eigenvalue weighted by Gasteiger charge is -2.13. The molecule has 4 N–H and O–H groups in total. The Kier molecular flexibility index (Phi) is 3.67. The third-order valence-corrected chi connectivity index (χ3v) is 3.21. The lowest BCUT2D eigenvalue weighted by molar-refractivity contribution is -0.384. The Balaban J connectivity index is 3.23. The van der Waals surface area contributed by atoms with Crippen LogP contribution < -0.4 is 5.73 Å². The van der Waals surface area contributed by atoms with E-state index >= 15 is 0 Å². The summed E-state index contributed by atoms with van der Waals surface area (Å²) < 4.78 is 10.9. The van der Waals surface area contributed by atoms with E-state index in [1.807, 2.05) is 0 Å². The van der Waals surface area contributed by atoms with Crippen LogP contribution in [0.4, 0.5) is 5.69 Å². The van der Waals surface area contributed by atoms with Crippen LogP contribution >= 0.6 is 19.2 Å². The average molecular weight is 267 g/mol. The smallest absolute Gasteiger partial charge is 0.323 e. The fourth-order valence-corrected chi connectivity index (χ4v) is 1.78. The van der Waals surface area contributed by atoms with Gasteiger partial charge < -0.3 is 15.5 Å². The number of nitrogens with zero attached hydrogens (tertiary/aromatic N) is 1. The largest absolute Gasteiger partial charge is 0.346 e. The first-order valence-electron chi connectivity index (χ1n) is 3.98. The van der Waals surface area contributed by atoms with Crippen LogP contribution in [-0.4, -0.2) is 14.7 Å². The van der Waals surface area contributed by atoms with Gasteiger partial charge in [-0.15, -0.1) is 0 Å². The van der Waals surface area contributed by atoms with E-state index in [4.69, 9.17) is 27.1 Å². The maximum absolute atomic E-state index is 10.9. The van der Waals surface area contributed by atoms with Gasteiger partial charge in [-0.05, 0) is 11.6 Å². The Bertz CT molecular complexity index is 474. The number of nitrogens with two attached hydrogens (primary N) is 1. The molecule has 0 radical (unpaired) electrons. The molecule has 1 aromatic rings. The van der Waals surface area contributed by atoms with E-state index in [0.717, 1.165) is 6.07 Å². The van der Waals surface area contributed by atoms with Crippen molar-refractivity contribution in [2.45, 2.75) is 5.78 Å². The van der Waals surface area contributed by atoms with Crippen molar-refractivity contribution in [3.8, 4) is 0 Å². The van der Waals surface area contributed by atoms with Gasteiger partial charge in [0.15, 0.2) is 0 Å². The van der Waals surface area contributed by atoms with Gasteiger partial charge in [0, 0.05) is 6.07 Å². The van der Waals surface area contributed by atoms with Gasteiger partial charge in [-0.2, -0.15) is 0 Å². The molecule has 0 spiro atoms. The average Bonchev–Trinajstić information content (AvgIpc) is 2.15. The minimum atomic E-state index is -4.53. The zero-order valence-corrected chi connectivity index (χ0v) is 9.43. The van der Waals surface area contributed by atoms with Crippen LogP contribution in [0.1, 0.15) is 11.3 Å². The topological polar surface area (TPSA) is 127 Å². The van der Waals surface area contributed by atoms with Crippen molar-refractivity contribution >= 4 is 24.9 Å². The number of halogens is 1. The van der Waals surface area contributed by atoms with E-state index in [-0.39, 0.29) is 10.6 Å². The molecular weight excluding hydrogens is 259 g/mol. The van der Waals surface area contributed by atoms with Crippen LogP contribution in [0.3, 0.4) is 0 Å². The summed E-state index contributed by atoms with van der Waals surface area (Å²) in [5, 5.41) is 10.4. The van der Waals surface area contributed by atoms with Crippen LogP contribution in [0, 0.1) is 10.1 Å². The highest BCUT2D eigenvalue weighted by molar-refractivity contribution is 7.52. The molecule has 88 valence electrons. The van der Waals surface area contributed by atoms with E-state index in [1.54, 1.807) is 0 Å². The SMILES string of the molecule is NC(c1ccc(Cl)c([N+](=O)[O-])c1)P(=O)(O)O. The summed E-state index contributed by atoms with van der Waals surface area (Å²) in [5.41, 5.74) is 4.78. The number of benzene rings is 1. The third-order valence-electron chi connectivity index (χ3n) is 1.87. The fourth-order valence-electron chi connectivity index (χ4n) is 1.05. The monoisotopic (exact) mass is 266 g/mol. The molecule has 0 fully saturated rings. The molecule has 1 rings (SSSR count). The first kappa shape index (κ1) is 13.1. The molecule has 0 amide bonds. The highest BCUT2D eigenvalue weighted by Gasteiger charge is 2.28. The first-order valence-corrected chi connectivity index (χ1v) is 6.04. The van der Waals surface area contributed by atoms with Crippen LogP contribution in [-0.2, 0) is 4.57 Å². The molecule has 1 atom stereocenters. The molecular formula is C7H8ClN2O5P. The summed E-state index contributed by atoms with van der Waals surface area (Å²) in [6.45, 7) is 0. The third kappa shape index (κ3) is 2.78. The Labute approximate surface area is 95.1 Å². The van der Waals surface area contributed by atoms with E-state index in [0.29, 0.717) is 0 Å². The predicted octanol–water partition coefficient (Wildman–Crippen LogP) is 1.38. The Morgan fingerprint density at radius 2 is 2.06 bits per heavy atom. The minimum Gasteiger partial charge on any atom is -0.323 e. The summed E-state index contributed by atoms with van der Waals surface area (Å²) in [5.74, 6) is -1.59. The summed E-state index contributed by atoms with van der Waals surface area (Å²) in [6.07, 6.45) is 0. The highest BCUT2D eigenvalue weighted by atomic mass is 35.5. The second-order valence-corrected chi connectivity index (χ2v) is 5.14. The van der Waals surface area contributed by atoms with E-state index < -0.39 is 24.0 Å². The number of nitro groups is 1. The van der Waals surface area contributed by atoms with Crippen molar-refractivity contribution < 1.29 is 19.3 Å². The maximum atomic E-state index is 10.9. The predicted molar refractivity (Wildman–Crippen MR) is 57.1 cm³/mol. The van der Waals surface area contributed by atoms with Crippen LogP contribution in [0.2, 0.25) is 5.02 Å². The molecule has 0 aliphatic carbocycles. The summed E-state index contributed by atoms with van der Waals surface area (Å²) in [6, 6.07) is 3.36. The molecule has 0 aromatic heterocycles. The second-order valence-electron chi connectivity index (χ2n) is 3.00. The number of hydrogen-bond donors (Lipinski definition) is 3. The molecule has 0 aliphatic heterocycles. The van der Waals surface area contributed by atoms with E-state index in [2.05, 4.69) is 0 Å². The Hall–Kier alpha value is -0.980. The molecule has 0 bridgehead atoms. The van der Waals surface area contributed by atoms with Gasteiger partial charge in [-0.25, -0.2) is 0 Å². The molecule has 7 nitrogen and oxygen atoms in total. The van der Waals surface area contributed by atoms with Gasteiger partial charge >= 0.3 is 7.60 Å². The lowest BCUT2D eigenvalue weighted by atomic mass is 10.2. The van der Waals surface area contributed by atoms with Gasteiger partial charge in [-0.3, -0.25) is 14.7 Å². The summed E-state index contributed by atoms with van der Waals surface area (Å²) in [7, 11) is -4.53. The normalized spacial score (nSPS) is 13.5. The van der Waals surface area contributed by atoms with Crippen molar-refractivity contribution in [1.29, 1.82) is 0 Å². The number of rotatable bonds is 3. The van der Waals surface area contributed by atoms with Gasteiger partial charge in [0.25, 0.3) is 5.69 Å². The lowest BCUT2D eigenvalue weighted by Crippen LogP contribution is -2.10. The zero-order valence-electron chi connectivity index (χ0n) is 7.78. The molecule has 0 heterocycles. The van der Waals surface area contributed by atoms with Crippen LogP contribution in [0.25, 0.3) is 0 Å². The Morgan fingerprint density at radius 3 is 2.50 bits per heavy atom. The highest BCUT2D eigenvalue weighted by Crippen LogP contribution is 2.48. The molecule has 1 aromatic carbocycles. The van der Waals surface area contributed by atoms with Crippen molar-refractivity contribution in [3.63, 3.8) is 0 Å². The molecule has 1 unspecified atom stereocenters. The zero-order chi connectivity index (χ0) is 12.5. The Morgan fingerprint density at radius 1 is 1.50 bits per heavy atom. The molecule has 9 heteroatoms. The van der Waals surface area contributed by atoms with Gasteiger partial charge in [0.05, 0.1) is 4.92 Å². The fraction of sp³-hybridized carbons (Fsp3) is 0.143. The van der Waals surface area contributed by atoms with Crippen molar-refractivity contribution in [1.82, 2.24) is 0 Å². The van der Waals surface area contributed by atoms with Crippen LogP contribution in [0.5, 0.6) is 0 Å². The summed E-state index contributed by atoms with van der Waals surface area (Å²) in [4.78, 5) is 27.4. The first-order chi connectivity index (χ1) is 7.23. The molecule has 0 saturated heterocycles. The number of hydrogen-bond acceptors (Lipinski definition) is 4. The van der Waals surface area contributed by atoms with Crippen molar-refractivity contribution in [3.05, 3.63) is 38.9 Å². The minimum absolute atomic E-state index is 0.0376. The molecule has 0 saturated carbocycles. The van der Waals surface area contributed by atoms with Gasteiger partial charge in [0.2, 0.25) is 0 Å². The standard InChI is InChI=1S/C7H8ClN2O5P/c8-5-2-1-4(3-6(5)10(11)12)7(9)16(13,14)15/h1-3,7H,9H2,(H2,13,14,15). The van der Waals surface area contributed by atoms with E-state index in [1.165, 1.54) is 12.1 Å². The van der Waals surface area contributed by atoms with Crippen molar-refractivity contribution in [2.24, 2.45) is 5.73 Å². The summed E-state index contributed by atoms with van der Waals surface area (Å²) >= 11 is 5.53.